The van der Waals surface area contributed by atoms with Crippen molar-refractivity contribution in [1.82, 2.24) is 20.1 Å². The van der Waals surface area contributed by atoms with Gasteiger partial charge in [0.25, 0.3) is 0 Å². The van der Waals surface area contributed by atoms with Crippen molar-refractivity contribution in [1.29, 1.82) is 0 Å². The van der Waals surface area contributed by atoms with Crippen LogP contribution in [0.1, 0.15) is 44.6 Å². The van der Waals surface area contributed by atoms with Crippen molar-refractivity contribution in [3.8, 4) is 0 Å². The molecule has 1 saturated heterocycles. The average molecular weight is 415 g/mol. The number of hydrogen-bond acceptors (Lipinski definition) is 6. The molecule has 0 radical (unpaired) electrons. The molecule has 2 amide bonds. The highest BCUT2D eigenvalue weighted by molar-refractivity contribution is 7.89. The molecule has 9 nitrogen and oxygen atoms in total. The van der Waals surface area contributed by atoms with E-state index in [1.54, 1.807) is 13.8 Å². The van der Waals surface area contributed by atoms with Crippen molar-refractivity contribution >= 4 is 21.8 Å². The minimum atomic E-state index is -3.66. The van der Waals surface area contributed by atoms with Crippen LogP contribution in [0.25, 0.3) is 0 Å². The monoisotopic (exact) mass is 414 g/mol. The predicted molar refractivity (Wildman–Crippen MR) is 103 cm³/mol. The summed E-state index contributed by atoms with van der Waals surface area (Å²) in [5.74, 6) is 0.321. The Kier molecular flexibility index (Phi) is 7.59. The van der Waals surface area contributed by atoms with Gasteiger partial charge in [-0.25, -0.2) is 8.42 Å². The van der Waals surface area contributed by atoms with Gasteiger partial charge < -0.3 is 15.2 Å². The Morgan fingerprint density at radius 3 is 2.46 bits per heavy atom. The molecule has 1 aliphatic rings. The largest absolute Gasteiger partial charge is 0.360 e. The minimum Gasteiger partial charge on any atom is -0.360 e. The fourth-order valence-electron chi connectivity index (χ4n) is 3.72. The van der Waals surface area contributed by atoms with Crippen LogP contribution in [0.15, 0.2) is 9.42 Å². The third kappa shape index (κ3) is 5.32. The fraction of sp³-hybridized carbons (Fsp3) is 0.722. The zero-order chi connectivity index (χ0) is 20.9. The zero-order valence-electron chi connectivity index (χ0n) is 16.9. The number of carbonyl (C=O) groups is 2. The Labute approximate surface area is 166 Å². The van der Waals surface area contributed by atoms with Crippen molar-refractivity contribution in [3.05, 3.63) is 11.5 Å². The van der Waals surface area contributed by atoms with Crippen LogP contribution in [0.5, 0.6) is 0 Å². The molecule has 1 aromatic heterocycles. The van der Waals surface area contributed by atoms with Gasteiger partial charge in [-0.3, -0.25) is 9.59 Å². The summed E-state index contributed by atoms with van der Waals surface area (Å²) < 4.78 is 32.6. The van der Waals surface area contributed by atoms with Gasteiger partial charge in [-0.1, -0.05) is 18.5 Å². The Morgan fingerprint density at radius 1 is 1.21 bits per heavy atom. The highest BCUT2D eigenvalue weighted by atomic mass is 32.2. The first-order valence-corrected chi connectivity index (χ1v) is 11.0. The summed E-state index contributed by atoms with van der Waals surface area (Å²) in [6.45, 7) is 8.19. The summed E-state index contributed by atoms with van der Waals surface area (Å²) in [4.78, 5) is 23.2. The number of aromatic nitrogens is 1. The van der Waals surface area contributed by atoms with E-state index in [-0.39, 0.29) is 28.5 Å². The van der Waals surface area contributed by atoms with Gasteiger partial charge in [0.1, 0.15) is 10.6 Å². The third-order valence-corrected chi connectivity index (χ3v) is 7.32. The van der Waals surface area contributed by atoms with Crippen LogP contribution in [0.2, 0.25) is 0 Å². The third-order valence-electron chi connectivity index (χ3n) is 5.21. The SMILES string of the molecule is CCC1CN(S(=O)(=O)c2c(C)noc2C)CCC1CC(=O)NCCNC(C)=O. The van der Waals surface area contributed by atoms with Crippen LogP contribution in [0.4, 0.5) is 0 Å². The summed E-state index contributed by atoms with van der Waals surface area (Å²) in [6, 6.07) is 0. The van der Waals surface area contributed by atoms with Gasteiger partial charge >= 0.3 is 0 Å². The molecular weight excluding hydrogens is 384 g/mol. The van der Waals surface area contributed by atoms with Gasteiger partial charge in [-0.2, -0.15) is 4.31 Å². The highest BCUT2D eigenvalue weighted by Gasteiger charge is 2.38. The zero-order valence-corrected chi connectivity index (χ0v) is 17.8. The van der Waals surface area contributed by atoms with E-state index in [1.165, 1.54) is 11.2 Å². The lowest BCUT2D eigenvalue weighted by molar-refractivity contribution is -0.123. The molecule has 2 unspecified atom stereocenters. The van der Waals surface area contributed by atoms with Crippen molar-refractivity contribution in [2.45, 2.75) is 51.9 Å². The summed E-state index contributed by atoms with van der Waals surface area (Å²) in [5, 5.41) is 9.19. The maximum atomic E-state index is 13.0. The molecular formula is C18H30N4O5S. The van der Waals surface area contributed by atoms with E-state index in [4.69, 9.17) is 4.52 Å². The summed E-state index contributed by atoms with van der Waals surface area (Å²) in [7, 11) is -3.66. The maximum Gasteiger partial charge on any atom is 0.248 e. The smallest absolute Gasteiger partial charge is 0.248 e. The first-order chi connectivity index (χ1) is 13.2. The molecule has 1 aromatic rings. The van der Waals surface area contributed by atoms with Crippen LogP contribution in [0, 0.1) is 25.7 Å². The first kappa shape index (κ1) is 22.4. The molecule has 158 valence electrons. The number of piperidine rings is 1. The molecule has 1 aliphatic heterocycles. The van der Waals surface area contributed by atoms with Gasteiger partial charge in [-0.05, 0) is 32.1 Å². The second-order valence-corrected chi connectivity index (χ2v) is 9.15. The molecule has 1 fully saturated rings. The predicted octanol–water partition coefficient (Wildman–Crippen LogP) is 0.971. The number of aryl methyl sites for hydroxylation is 2. The molecule has 28 heavy (non-hydrogen) atoms. The van der Waals surface area contributed by atoms with E-state index >= 15 is 0 Å². The normalized spacial score (nSPS) is 20.7. The van der Waals surface area contributed by atoms with Crippen molar-refractivity contribution in [2.75, 3.05) is 26.2 Å². The number of sulfonamides is 1. The molecule has 0 bridgehead atoms. The fourth-order valence-corrected chi connectivity index (χ4v) is 5.52. The molecule has 0 spiro atoms. The number of carbonyl (C=O) groups excluding carboxylic acids is 2. The van der Waals surface area contributed by atoms with Gasteiger partial charge in [0.15, 0.2) is 5.76 Å². The van der Waals surface area contributed by atoms with Gasteiger partial charge in [0, 0.05) is 39.5 Å². The maximum absolute atomic E-state index is 13.0. The van der Waals surface area contributed by atoms with Crippen LogP contribution in [-0.4, -0.2) is 55.9 Å². The van der Waals surface area contributed by atoms with E-state index in [0.29, 0.717) is 50.5 Å². The lowest BCUT2D eigenvalue weighted by Gasteiger charge is -2.37. The summed E-state index contributed by atoms with van der Waals surface area (Å²) in [6.07, 6.45) is 1.77. The standard InChI is InChI=1S/C18H30N4O5S/c1-5-15-11-22(28(25,26)18-12(2)21-27-13(18)3)9-6-16(15)10-17(24)20-8-7-19-14(4)23/h15-16H,5-11H2,1-4H3,(H,19,23)(H,20,24). The van der Waals surface area contributed by atoms with Crippen molar-refractivity contribution in [2.24, 2.45) is 11.8 Å². The average Bonchev–Trinajstić information content (AvgIpc) is 2.97. The first-order valence-electron chi connectivity index (χ1n) is 9.61. The second kappa shape index (κ2) is 9.51. The molecule has 2 heterocycles. The van der Waals surface area contributed by atoms with Gasteiger partial charge in [-0.15, -0.1) is 0 Å². The molecule has 2 N–H and O–H groups in total. The lowest BCUT2D eigenvalue weighted by atomic mass is 9.82. The highest BCUT2D eigenvalue weighted by Crippen LogP contribution is 2.33. The van der Waals surface area contributed by atoms with Crippen LogP contribution in [-0.2, 0) is 19.6 Å². The van der Waals surface area contributed by atoms with Crippen LogP contribution >= 0.6 is 0 Å². The van der Waals surface area contributed by atoms with Crippen molar-refractivity contribution < 1.29 is 22.5 Å². The number of nitrogens with zero attached hydrogens (tertiary/aromatic N) is 2. The van der Waals surface area contributed by atoms with E-state index in [0.717, 1.165) is 6.42 Å². The molecule has 0 aromatic carbocycles. The van der Waals surface area contributed by atoms with E-state index in [1.807, 2.05) is 6.92 Å². The number of nitrogens with one attached hydrogen (secondary N) is 2. The number of rotatable bonds is 8. The number of hydrogen-bond donors (Lipinski definition) is 2. The van der Waals surface area contributed by atoms with Crippen molar-refractivity contribution in [3.63, 3.8) is 0 Å². The molecule has 0 aliphatic carbocycles. The topological polar surface area (TPSA) is 122 Å². The minimum absolute atomic E-state index is 0.0733. The lowest BCUT2D eigenvalue weighted by Crippen LogP contribution is -2.45. The summed E-state index contributed by atoms with van der Waals surface area (Å²) in [5.41, 5.74) is 0.367. The van der Waals surface area contributed by atoms with Gasteiger partial charge in [0.2, 0.25) is 21.8 Å². The second-order valence-electron chi connectivity index (χ2n) is 7.27. The van der Waals surface area contributed by atoms with E-state index < -0.39 is 10.0 Å². The Hall–Kier alpha value is -1.94. The van der Waals surface area contributed by atoms with Gasteiger partial charge in [0.05, 0.1) is 0 Å². The number of amides is 2. The molecule has 2 rings (SSSR count). The molecule has 2 atom stereocenters. The Bertz CT molecular complexity index is 785. The molecule has 0 saturated carbocycles. The van der Waals surface area contributed by atoms with Crippen LogP contribution in [0.3, 0.4) is 0 Å². The van der Waals surface area contributed by atoms with E-state index in [2.05, 4.69) is 15.8 Å². The van der Waals surface area contributed by atoms with E-state index in [9.17, 15) is 18.0 Å². The summed E-state index contributed by atoms with van der Waals surface area (Å²) >= 11 is 0. The Morgan fingerprint density at radius 2 is 1.89 bits per heavy atom. The molecule has 10 heteroatoms. The quantitative estimate of drug-likeness (QED) is 0.611. The Balaban J connectivity index is 1.96. The van der Waals surface area contributed by atoms with Crippen LogP contribution < -0.4 is 10.6 Å².